The topological polar surface area (TPSA) is 60.8 Å². The average molecular weight is 309 g/mol. The van der Waals surface area contributed by atoms with Gasteiger partial charge in [-0.3, -0.25) is 4.79 Å². The van der Waals surface area contributed by atoms with E-state index >= 15 is 0 Å². The van der Waals surface area contributed by atoms with Crippen LogP contribution in [0.4, 0.5) is 0 Å². The molecule has 0 radical (unpaired) electrons. The lowest BCUT2D eigenvalue weighted by atomic mass is 10.0. The largest absolute Gasteiger partial charge is 0.392 e. The van der Waals surface area contributed by atoms with Crippen molar-refractivity contribution in [3.05, 3.63) is 22.4 Å². The van der Waals surface area contributed by atoms with E-state index in [0.29, 0.717) is 6.42 Å². The SMILES string of the molecule is O=C(C1CCCC1O)N1CCCC1CC(O)c1cccs1. The summed E-state index contributed by atoms with van der Waals surface area (Å²) >= 11 is 1.56. The van der Waals surface area contributed by atoms with Gasteiger partial charge < -0.3 is 15.1 Å². The zero-order valence-corrected chi connectivity index (χ0v) is 13.0. The first-order valence-electron chi connectivity index (χ1n) is 7.87. The number of thiophene rings is 1. The summed E-state index contributed by atoms with van der Waals surface area (Å²) < 4.78 is 0. The summed E-state index contributed by atoms with van der Waals surface area (Å²) in [4.78, 5) is 15.5. The van der Waals surface area contributed by atoms with Crippen molar-refractivity contribution < 1.29 is 15.0 Å². The Bertz CT molecular complexity index is 476. The highest BCUT2D eigenvalue weighted by molar-refractivity contribution is 7.10. The molecule has 2 heterocycles. The lowest BCUT2D eigenvalue weighted by Gasteiger charge is -2.29. The van der Waals surface area contributed by atoms with Gasteiger partial charge in [-0.2, -0.15) is 0 Å². The average Bonchev–Trinajstić information content (AvgIpc) is 3.19. The normalized spacial score (nSPS) is 30.8. The number of amides is 1. The predicted octanol–water partition coefficient (Wildman–Crippen LogP) is 2.32. The smallest absolute Gasteiger partial charge is 0.228 e. The Balaban J connectivity index is 1.63. The summed E-state index contributed by atoms with van der Waals surface area (Å²) in [6.07, 6.45) is 4.08. The van der Waals surface area contributed by atoms with Crippen molar-refractivity contribution in [2.75, 3.05) is 6.54 Å². The van der Waals surface area contributed by atoms with Crippen LogP contribution in [0.3, 0.4) is 0 Å². The maximum Gasteiger partial charge on any atom is 0.228 e. The molecule has 0 spiro atoms. The maximum absolute atomic E-state index is 12.6. The molecule has 3 rings (SSSR count). The highest BCUT2D eigenvalue weighted by Crippen LogP contribution is 2.33. The second-order valence-corrected chi connectivity index (χ2v) is 7.18. The molecule has 2 aliphatic rings. The number of hydrogen-bond acceptors (Lipinski definition) is 4. The Morgan fingerprint density at radius 1 is 1.38 bits per heavy atom. The molecule has 0 aromatic carbocycles. The van der Waals surface area contributed by atoms with Gasteiger partial charge in [0.1, 0.15) is 0 Å². The number of carbonyl (C=O) groups excluding carboxylic acids is 1. The Morgan fingerprint density at radius 2 is 2.24 bits per heavy atom. The number of carbonyl (C=O) groups is 1. The molecule has 1 amide bonds. The zero-order chi connectivity index (χ0) is 14.8. The van der Waals surface area contributed by atoms with Crippen molar-refractivity contribution in [2.45, 2.75) is 56.8 Å². The molecule has 1 aromatic heterocycles. The van der Waals surface area contributed by atoms with Gasteiger partial charge in [0.05, 0.1) is 18.1 Å². The molecule has 2 fully saturated rings. The summed E-state index contributed by atoms with van der Waals surface area (Å²) in [7, 11) is 0. The van der Waals surface area contributed by atoms with E-state index in [0.717, 1.165) is 43.5 Å². The van der Waals surface area contributed by atoms with Crippen molar-refractivity contribution in [3.63, 3.8) is 0 Å². The molecule has 5 heteroatoms. The monoisotopic (exact) mass is 309 g/mol. The number of nitrogens with zero attached hydrogens (tertiary/aromatic N) is 1. The van der Waals surface area contributed by atoms with E-state index < -0.39 is 12.2 Å². The number of rotatable bonds is 4. The summed E-state index contributed by atoms with van der Waals surface area (Å²) in [6.45, 7) is 0.768. The van der Waals surface area contributed by atoms with E-state index in [1.807, 2.05) is 22.4 Å². The van der Waals surface area contributed by atoms with Crippen LogP contribution in [0.1, 0.15) is 49.5 Å². The van der Waals surface area contributed by atoms with Crippen LogP contribution in [0.5, 0.6) is 0 Å². The summed E-state index contributed by atoms with van der Waals surface area (Å²) in [6, 6.07) is 4.00. The first-order valence-corrected chi connectivity index (χ1v) is 8.75. The van der Waals surface area contributed by atoms with Crippen LogP contribution in [0.2, 0.25) is 0 Å². The van der Waals surface area contributed by atoms with Crippen LogP contribution < -0.4 is 0 Å². The number of hydrogen-bond donors (Lipinski definition) is 2. The Hall–Kier alpha value is -0.910. The third-order valence-corrected chi connectivity index (χ3v) is 5.80. The lowest BCUT2D eigenvalue weighted by molar-refractivity contribution is -0.139. The van der Waals surface area contributed by atoms with Crippen LogP contribution in [0.25, 0.3) is 0 Å². The van der Waals surface area contributed by atoms with Crippen molar-refractivity contribution in [2.24, 2.45) is 5.92 Å². The van der Waals surface area contributed by atoms with Crippen LogP contribution >= 0.6 is 11.3 Å². The van der Waals surface area contributed by atoms with Gasteiger partial charge >= 0.3 is 0 Å². The van der Waals surface area contributed by atoms with Gasteiger partial charge in [-0.05, 0) is 50.0 Å². The van der Waals surface area contributed by atoms with Crippen molar-refractivity contribution in [1.29, 1.82) is 0 Å². The molecule has 4 nitrogen and oxygen atoms in total. The standard InChI is InChI=1S/C16H23NO3S/c18-13-6-1-5-12(13)16(20)17-8-2-4-11(17)10-14(19)15-7-3-9-21-15/h3,7,9,11-14,18-19H,1-2,4-6,8,10H2. The van der Waals surface area contributed by atoms with Crippen LogP contribution in [0, 0.1) is 5.92 Å². The van der Waals surface area contributed by atoms with Crippen LogP contribution in [-0.2, 0) is 4.79 Å². The first kappa shape index (κ1) is 15.0. The Labute approximate surface area is 129 Å². The fraction of sp³-hybridized carbons (Fsp3) is 0.688. The van der Waals surface area contributed by atoms with Gasteiger partial charge in [-0.1, -0.05) is 6.07 Å². The molecule has 2 N–H and O–H groups in total. The molecule has 21 heavy (non-hydrogen) atoms. The number of aliphatic hydroxyl groups excluding tert-OH is 2. The number of likely N-dealkylation sites (tertiary alicyclic amines) is 1. The minimum absolute atomic E-state index is 0.0980. The predicted molar refractivity (Wildman–Crippen MR) is 82.0 cm³/mol. The molecule has 4 atom stereocenters. The van der Waals surface area contributed by atoms with Crippen molar-refractivity contribution in [1.82, 2.24) is 4.90 Å². The summed E-state index contributed by atoms with van der Waals surface area (Å²) in [5, 5.41) is 22.2. The van der Waals surface area contributed by atoms with E-state index in [1.54, 1.807) is 11.3 Å². The zero-order valence-electron chi connectivity index (χ0n) is 12.1. The van der Waals surface area contributed by atoms with Gasteiger partial charge in [0.15, 0.2) is 0 Å². The fourth-order valence-corrected chi connectivity index (χ4v) is 4.39. The van der Waals surface area contributed by atoms with Crippen LogP contribution in [0.15, 0.2) is 17.5 Å². The lowest BCUT2D eigenvalue weighted by Crippen LogP contribution is -2.42. The third-order valence-electron chi connectivity index (χ3n) is 4.82. The molecule has 116 valence electrons. The fourth-order valence-electron chi connectivity index (χ4n) is 3.67. The Morgan fingerprint density at radius 3 is 2.90 bits per heavy atom. The molecule has 0 bridgehead atoms. The Kier molecular flexibility index (Phi) is 4.62. The van der Waals surface area contributed by atoms with Crippen molar-refractivity contribution in [3.8, 4) is 0 Å². The quantitative estimate of drug-likeness (QED) is 0.897. The van der Waals surface area contributed by atoms with E-state index in [1.165, 1.54) is 0 Å². The minimum atomic E-state index is -0.489. The summed E-state index contributed by atoms with van der Waals surface area (Å²) in [5.74, 6) is -0.120. The molecule has 1 saturated carbocycles. The van der Waals surface area contributed by atoms with Gasteiger partial charge in [-0.15, -0.1) is 11.3 Å². The second-order valence-electron chi connectivity index (χ2n) is 6.20. The molecular weight excluding hydrogens is 286 g/mol. The van der Waals surface area contributed by atoms with E-state index in [4.69, 9.17) is 0 Å². The van der Waals surface area contributed by atoms with Gasteiger partial charge in [0.2, 0.25) is 5.91 Å². The van der Waals surface area contributed by atoms with Gasteiger partial charge in [0, 0.05) is 17.5 Å². The molecule has 4 unspecified atom stereocenters. The molecule has 1 aromatic rings. The highest BCUT2D eigenvalue weighted by Gasteiger charge is 2.39. The van der Waals surface area contributed by atoms with Crippen molar-refractivity contribution >= 4 is 17.2 Å². The maximum atomic E-state index is 12.6. The van der Waals surface area contributed by atoms with E-state index in [9.17, 15) is 15.0 Å². The van der Waals surface area contributed by atoms with Crippen LogP contribution in [-0.4, -0.2) is 39.7 Å². The molecule has 1 saturated heterocycles. The number of aliphatic hydroxyl groups is 2. The highest BCUT2D eigenvalue weighted by atomic mass is 32.1. The van der Waals surface area contributed by atoms with Gasteiger partial charge in [-0.25, -0.2) is 0 Å². The summed E-state index contributed by atoms with van der Waals surface area (Å²) in [5.41, 5.74) is 0. The molecule has 1 aliphatic heterocycles. The third kappa shape index (κ3) is 3.15. The van der Waals surface area contributed by atoms with Gasteiger partial charge in [0.25, 0.3) is 0 Å². The van der Waals surface area contributed by atoms with E-state index in [-0.39, 0.29) is 17.9 Å². The minimum Gasteiger partial charge on any atom is -0.392 e. The molecular formula is C16H23NO3S. The molecule has 1 aliphatic carbocycles. The first-order chi connectivity index (χ1) is 10.2. The van der Waals surface area contributed by atoms with E-state index in [2.05, 4.69) is 0 Å². The second kappa shape index (κ2) is 6.46.